The summed E-state index contributed by atoms with van der Waals surface area (Å²) >= 11 is 1.36. The number of nitrogens with zero attached hydrogens (tertiary/aromatic N) is 3. The van der Waals surface area contributed by atoms with E-state index in [9.17, 15) is 19.7 Å². The molecule has 23 heavy (non-hydrogen) atoms. The van der Waals surface area contributed by atoms with Crippen molar-refractivity contribution < 1.29 is 14.5 Å². The summed E-state index contributed by atoms with van der Waals surface area (Å²) in [6.45, 7) is 4.02. The first-order valence-electron chi connectivity index (χ1n) is 7.38. The van der Waals surface area contributed by atoms with Crippen LogP contribution in [0.2, 0.25) is 0 Å². The Kier molecular flexibility index (Phi) is 5.97. The zero-order chi connectivity index (χ0) is 16.8. The molecule has 1 aliphatic rings. The molecule has 0 radical (unpaired) electrons. The van der Waals surface area contributed by atoms with Crippen molar-refractivity contribution in [1.29, 1.82) is 0 Å². The Balaban J connectivity index is 1.84. The zero-order valence-corrected chi connectivity index (χ0v) is 13.8. The molecule has 7 nitrogen and oxygen atoms in total. The summed E-state index contributed by atoms with van der Waals surface area (Å²) in [7, 11) is 0. The fourth-order valence-corrected chi connectivity index (χ4v) is 3.18. The Labute approximate surface area is 138 Å². The van der Waals surface area contributed by atoms with Gasteiger partial charge in [0.25, 0.3) is 5.69 Å². The molecule has 2 rings (SSSR count). The maximum Gasteiger partial charge on any atom is 0.269 e. The molecule has 0 aliphatic carbocycles. The van der Waals surface area contributed by atoms with E-state index in [1.165, 1.54) is 23.9 Å². The SMILES string of the molecule is CC(=O)N1CCCN(C(=O)CSc2ccc([N+](=O)[O-])cc2)CC1. The molecule has 2 amide bonds. The van der Waals surface area contributed by atoms with Crippen LogP contribution < -0.4 is 0 Å². The second-order valence-electron chi connectivity index (χ2n) is 5.28. The van der Waals surface area contributed by atoms with Crippen LogP contribution in [0.15, 0.2) is 29.2 Å². The normalized spacial score (nSPS) is 15.2. The minimum Gasteiger partial charge on any atom is -0.341 e. The van der Waals surface area contributed by atoms with Crippen LogP contribution in [0, 0.1) is 10.1 Å². The number of non-ortho nitro benzene ring substituents is 1. The number of hydrogen-bond donors (Lipinski definition) is 0. The second kappa shape index (κ2) is 7.96. The van der Waals surface area contributed by atoms with Crippen LogP contribution in [0.1, 0.15) is 13.3 Å². The summed E-state index contributed by atoms with van der Waals surface area (Å²) in [5.41, 5.74) is 0.0394. The molecule has 1 aromatic carbocycles. The van der Waals surface area contributed by atoms with Crippen LogP contribution >= 0.6 is 11.8 Å². The van der Waals surface area contributed by atoms with Gasteiger partial charge in [-0.25, -0.2) is 0 Å². The van der Waals surface area contributed by atoms with E-state index in [1.54, 1.807) is 28.9 Å². The van der Waals surface area contributed by atoms with E-state index in [-0.39, 0.29) is 23.3 Å². The molecule has 8 heteroatoms. The lowest BCUT2D eigenvalue weighted by atomic mass is 10.3. The van der Waals surface area contributed by atoms with Crippen molar-refractivity contribution in [2.75, 3.05) is 31.9 Å². The van der Waals surface area contributed by atoms with E-state index < -0.39 is 4.92 Å². The van der Waals surface area contributed by atoms with Gasteiger partial charge in [0, 0.05) is 50.1 Å². The van der Waals surface area contributed by atoms with E-state index in [4.69, 9.17) is 0 Å². The average molecular weight is 337 g/mol. The number of nitro groups is 1. The molecule has 0 saturated carbocycles. The van der Waals surface area contributed by atoms with Gasteiger partial charge in [-0.05, 0) is 18.6 Å². The minimum atomic E-state index is -0.447. The van der Waals surface area contributed by atoms with Gasteiger partial charge in [-0.15, -0.1) is 11.8 Å². The summed E-state index contributed by atoms with van der Waals surface area (Å²) in [4.78, 5) is 38.2. The standard InChI is InChI=1S/C15H19N3O4S/c1-12(19)16-7-2-8-17(10-9-16)15(20)11-23-14-5-3-13(4-6-14)18(21)22/h3-6H,2,7-11H2,1H3. The van der Waals surface area contributed by atoms with E-state index in [1.807, 2.05) is 0 Å². The third-order valence-electron chi connectivity index (χ3n) is 3.70. The molecule has 1 heterocycles. The van der Waals surface area contributed by atoms with E-state index in [2.05, 4.69) is 0 Å². The summed E-state index contributed by atoms with van der Waals surface area (Å²) in [5.74, 6) is 0.357. The summed E-state index contributed by atoms with van der Waals surface area (Å²) in [6.07, 6.45) is 0.785. The molecule has 0 aromatic heterocycles. The quantitative estimate of drug-likeness (QED) is 0.475. The van der Waals surface area contributed by atoms with Gasteiger partial charge in [0.05, 0.1) is 10.7 Å². The van der Waals surface area contributed by atoms with E-state index in [0.29, 0.717) is 26.2 Å². The van der Waals surface area contributed by atoms with Crippen LogP contribution in [-0.2, 0) is 9.59 Å². The van der Waals surface area contributed by atoms with Crippen molar-refractivity contribution in [3.8, 4) is 0 Å². The third kappa shape index (κ3) is 4.95. The Bertz CT molecular complexity index is 591. The van der Waals surface area contributed by atoms with Crippen LogP contribution in [0.25, 0.3) is 0 Å². The largest absolute Gasteiger partial charge is 0.341 e. The van der Waals surface area contributed by atoms with Gasteiger partial charge in [0.2, 0.25) is 11.8 Å². The predicted octanol–water partition coefficient (Wildman–Crippen LogP) is 1.77. The number of carbonyl (C=O) groups excluding carboxylic acids is 2. The van der Waals surface area contributed by atoms with Crippen molar-refractivity contribution in [1.82, 2.24) is 9.80 Å². The highest BCUT2D eigenvalue weighted by atomic mass is 32.2. The van der Waals surface area contributed by atoms with Crippen LogP contribution in [-0.4, -0.2) is 58.5 Å². The molecule has 0 N–H and O–H groups in total. The number of rotatable bonds is 4. The highest BCUT2D eigenvalue weighted by Crippen LogP contribution is 2.21. The third-order valence-corrected chi connectivity index (χ3v) is 4.70. The molecule has 1 fully saturated rings. The molecule has 124 valence electrons. The molecule has 0 atom stereocenters. The molecule has 0 unspecified atom stereocenters. The fourth-order valence-electron chi connectivity index (χ4n) is 2.38. The highest BCUT2D eigenvalue weighted by Gasteiger charge is 2.20. The monoisotopic (exact) mass is 337 g/mol. The van der Waals surface area contributed by atoms with E-state index >= 15 is 0 Å². The summed E-state index contributed by atoms with van der Waals surface area (Å²) < 4.78 is 0. The van der Waals surface area contributed by atoms with Gasteiger partial charge in [-0.3, -0.25) is 19.7 Å². The van der Waals surface area contributed by atoms with Crippen molar-refractivity contribution in [2.45, 2.75) is 18.2 Å². The van der Waals surface area contributed by atoms with Gasteiger partial charge < -0.3 is 9.80 Å². The van der Waals surface area contributed by atoms with Crippen LogP contribution in [0.4, 0.5) is 5.69 Å². The molecule has 0 bridgehead atoms. The number of amides is 2. The zero-order valence-electron chi connectivity index (χ0n) is 12.9. The fraction of sp³-hybridized carbons (Fsp3) is 0.467. The summed E-state index contributed by atoms with van der Waals surface area (Å²) in [6, 6.07) is 6.17. The highest BCUT2D eigenvalue weighted by molar-refractivity contribution is 8.00. The van der Waals surface area contributed by atoms with Crippen LogP contribution in [0.3, 0.4) is 0 Å². The van der Waals surface area contributed by atoms with Crippen molar-refractivity contribution in [3.63, 3.8) is 0 Å². The summed E-state index contributed by atoms with van der Waals surface area (Å²) in [5, 5.41) is 10.6. The first-order chi connectivity index (χ1) is 11.0. The number of carbonyl (C=O) groups is 2. The average Bonchev–Trinajstić information content (AvgIpc) is 2.79. The molecular weight excluding hydrogens is 318 g/mol. The first-order valence-corrected chi connectivity index (χ1v) is 8.36. The number of nitro benzene ring substituents is 1. The Hall–Kier alpha value is -2.09. The lowest BCUT2D eigenvalue weighted by Crippen LogP contribution is -2.37. The first kappa shape index (κ1) is 17.3. The van der Waals surface area contributed by atoms with Crippen molar-refractivity contribution in [2.24, 2.45) is 0 Å². The molecule has 1 aromatic rings. The smallest absolute Gasteiger partial charge is 0.269 e. The predicted molar refractivity (Wildman–Crippen MR) is 87.3 cm³/mol. The second-order valence-corrected chi connectivity index (χ2v) is 6.33. The lowest BCUT2D eigenvalue weighted by Gasteiger charge is -2.21. The molecular formula is C15H19N3O4S. The lowest BCUT2D eigenvalue weighted by molar-refractivity contribution is -0.384. The number of benzene rings is 1. The molecule has 0 spiro atoms. The molecule has 1 saturated heterocycles. The van der Waals surface area contributed by atoms with Gasteiger partial charge >= 0.3 is 0 Å². The number of thioether (sulfide) groups is 1. The maximum atomic E-state index is 12.3. The maximum absolute atomic E-state index is 12.3. The topological polar surface area (TPSA) is 83.8 Å². The van der Waals surface area contributed by atoms with Crippen molar-refractivity contribution >= 4 is 29.3 Å². The van der Waals surface area contributed by atoms with Gasteiger partial charge in [0.15, 0.2) is 0 Å². The Morgan fingerprint density at radius 2 is 1.74 bits per heavy atom. The van der Waals surface area contributed by atoms with Gasteiger partial charge in [0.1, 0.15) is 0 Å². The van der Waals surface area contributed by atoms with Crippen molar-refractivity contribution in [3.05, 3.63) is 34.4 Å². The van der Waals surface area contributed by atoms with E-state index in [0.717, 1.165) is 11.3 Å². The Morgan fingerprint density at radius 1 is 1.13 bits per heavy atom. The van der Waals surface area contributed by atoms with Gasteiger partial charge in [-0.1, -0.05) is 0 Å². The number of hydrogen-bond acceptors (Lipinski definition) is 5. The van der Waals surface area contributed by atoms with Crippen LogP contribution in [0.5, 0.6) is 0 Å². The van der Waals surface area contributed by atoms with Gasteiger partial charge in [-0.2, -0.15) is 0 Å². The Morgan fingerprint density at radius 3 is 2.35 bits per heavy atom. The minimum absolute atomic E-state index is 0.0266. The molecule has 1 aliphatic heterocycles.